The van der Waals surface area contributed by atoms with Crippen molar-refractivity contribution >= 4 is 0 Å². The third-order valence-electron chi connectivity index (χ3n) is 1.93. The molecule has 1 aromatic carbocycles. The topological polar surface area (TPSA) is 26.0 Å². The number of aryl methyl sites for hydroxylation is 1. The first kappa shape index (κ1) is 10.1. The largest absolute Gasteiger partial charge is 0.322 e. The van der Waals surface area contributed by atoms with Crippen LogP contribution in [0.3, 0.4) is 0 Å². The molecule has 3 heteroatoms. The van der Waals surface area contributed by atoms with Gasteiger partial charge < -0.3 is 5.73 Å². The number of hydrogen-bond donors (Lipinski definition) is 1. The number of nitrogens with two attached hydrogens (primary N) is 1. The highest BCUT2D eigenvalue weighted by Crippen LogP contribution is 2.25. The van der Waals surface area contributed by atoms with Crippen LogP contribution in [0, 0.1) is 18.6 Å². The molecule has 1 rings (SSSR count). The molecule has 1 aromatic rings. The summed E-state index contributed by atoms with van der Waals surface area (Å²) in [6.45, 7) is 4.74. The molecular weight excluding hydrogens is 172 g/mol. The maximum Gasteiger partial charge on any atom is 0.134 e. The summed E-state index contributed by atoms with van der Waals surface area (Å²) in [5.41, 5.74) is 5.02. The van der Waals surface area contributed by atoms with Gasteiger partial charge in [0, 0.05) is 11.1 Å². The Morgan fingerprint density at radius 2 is 1.77 bits per heavy atom. The van der Waals surface area contributed by atoms with E-state index in [-0.39, 0.29) is 5.56 Å². The summed E-state index contributed by atoms with van der Waals surface area (Å²) in [4.78, 5) is 0. The van der Waals surface area contributed by atoms with Crippen molar-refractivity contribution in [1.29, 1.82) is 0 Å². The van der Waals surface area contributed by atoms with Crippen molar-refractivity contribution in [1.82, 2.24) is 0 Å². The van der Waals surface area contributed by atoms with E-state index in [2.05, 4.69) is 0 Å². The summed E-state index contributed by atoms with van der Waals surface area (Å²) in [5, 5.41) is 0. The second kappa shape index (κ2) is 3.07. The number of rotatable bonds is 1. The highest BCUT2D eigenvalue weighted by atomic mass is 19.1. The number of halogens is 2. The Morgan fingerprint density at radius 3 is 2.15 bits per heavy atom. The fourth-order valence-corrected chi connectivity index (χ4v) is 1.25. The third-order valence-corrected chi connectivity index (χ3v) is 1.93. The zero-order valence-corrected chi connectivity index (χ0v) is 7.99. The van der Waals surface area contributed by atoms with E-state index in [9.17, 15) is 8.78 Å². The molecule has 0 unspecified atom stereocenters. The first-order chi connectivity index (χ1) is 5.84. The molecule has 0 bridgehead atoms. The highest BCUT2D eigenvalue weighted by Gasteiger charge is 2.24. The normalized spacial score (nSPS) is 11.8. The van der Waals surface area contributed by atoms with Gasteiger partial charge >= 0.3 is 0 Å². The van der Waals surface area contributed by atoms with Gasteiger partial charge in [0.15, 0.2) is 0 Å². The van der Waals surface area contributed by atoms with Crippen molar-refractivity contribution in [3.63, 3.8) is 0 Å². The van der Waals surface area contributed by atoms with Gasteiger partial charge in [-0.25, -0.2) is 8.78 Å². The quantitative estimate of drug-likeness (QED) is 0.714. The van der Waals surface area contributed by atoms with Gasteiger partial charge in [-0.1, -0.05) is 6.07 Å². The molecule has 0 amide bonds. The fourth-order valence-electron chi connectivity index (χ4n) is 1.25. The van der Waals surface area contributed by atoms with Crippen molar-refractivity contribution in [2.24, 2.45) is 5.73 Å². The Bertz CT molecular complexity index is 326. The van der Waals surface area contributed by atoms with Crippen LogP contribution >= 0.6 is 0 Å². The lowest BCUT2D eigenvalue weighted by atomic mass is 9.93. The van der Waals surface area contributed by atoms with Crippen LogP contribution in [0.5, 0.6) is 0 Å². The van der Waals surface area contributed by atoms with Crippen molar-refractivity contribution < 1.29 is 8.78 Å². The Balaban J connectivity index is 3.43. The van der Waals surface area contributed by atoms with Gasteiger partial charge in [0.05, 0.1) is 0 Å². The average molecular weight is 185 g/mol. The van der Waals surface area contributed by atoms with Crippen molar-refractivity contribution in [3.8, 4) is 0 Å². The first-order valence-electron chi connectivity index (χ1n) is 4.08. The standard InChI is InChI=1S/C10H13F2N/c1-6-4-5-7(11)8(9(6)12)10(2,3)13/h4-5H,13H2,1-3H3. The Labute approximate surface area is 76.6 Å². The molecule has 0 aromatic heterocycles. The van der Waals surface area contributed by atoms with E-state index in [1.54, 1.807) is 20.8 Å². The van der Waals surface area contributed by atoms with E-state index in [4.69, 9.17) is 5.73 Å². The van der Waals surface area contributed by atoms with Crippen LogP contribution in [-0.4, -0.2) is 0 Å². The van der Waals surface area contributed by atoms with Crippen LogP contribution in [0.2, 0.25) is 0 Å². The second-order valence-electron chi connectivity index (χ2n) is 3.77. The molecule has 0 aliphatic heterocycles. The summed E-state index contributed by atoms with van der Waals surface area (Å²) in [6.07, 6.45) is 0. The lowest BCUT2D eigenvalue weighted by Crippen LogP contribution is -2.31. The Hall–Kier alpha value is -0.960. The molecule has 0 heterocycles. The van der Waals surface area contributed by atoms with Gasteiger partial charge in [0.25, 0.3) is 0 Å². The van der Waals surface area contributed by atoms with E-state index in [0.717, 1.165) is 0 Å². The van der Waals surface area contributed by atoms with Crippen molar-refractivity contribution in [3.05, 3.63) is 34.9 Å². The maximum absolute atomic E-state index is 13.4. The summed E-state index contributed by atoms with van der Waals surface area (Å²) < 4.78 is 26.6. The SMILES string of the molecule is Cc1ccc(F)c(C(C)(C)N)c1F. The van der Waals surface area contributed by atoms with Crippen LogP contribution in [0.1, 0.15) is 25.0 Å². The molecule has 0 atom stereocenters. The number of benzene rings is 1. The summed E-state index contributed by atoms with van der Waals surface area (Å²) >= 11 is 0. The molecule has 1 nitrogen and oxygen atoms in total. The minimum absolute atomic E-state index is 0.0486. The maximum atomic E-state index is 13.4. The lowest BCUT2D eigenvalue weighted by molar-refractivity contribution is 0.456. The zero-order valence-electron chi connectivity index (χ0n) is 7.99. The highest BCUT2D eigenvalue weighted by molar-refractivity contribution is 5.31. The van der Waals surface area contributed by atoms with Crippen molar-refractivity contribution in [2.75, 3.05) is 0 Å². The predicted molar refractivity (Wildman–Crippen MR) is 48.3 cm³/mol. The van der Waals surface area contributed by atoms with Crippen LogP contribution in [0.15, 0.2) is 12.1 Å². The molecule has 0 radical (unpaired) electrons. The van der Waals surface area contributed by atoms with E-state index in [1.807, 2.05) is 0 Å². The van der Waals surface area contributed by atoms with E-state index in [0.29, 0.717) is 5.56 Å². The van der Waals surface area contributed by atoms with E-state index >= 15 is 0 Å². The molecule has 2 N–H and O–H groups in total. The molecule has 0 saturated heterocycles. The van der Waals surface area contributed by atoms with Crippen LogP contribution in [-0.2, 0) is 5.54 Å². The zero-order chi connectivity index (χ0) is 10.2. The molecule has 0 aliphatic rings. The van der Waals surface area contributed by atoms with E-state index in [1.165, 1.54) is 12.1 Å². The van der Waals surface area contributed by atoms with Gasteiger partial charge in [-0.15, -0.1) is 0 Å². The average Bonchev–Trinajstić information content (AvgIpc) is 1.95. The molecule has 13 heavy (non-hydrogen) atoms. The Kier molecular flexibility index (Phi) is 2.39. The van der Waals surface area contributed by atoms with Gasteiger partial charge in [0.1, 0.15) is 11.6 Å². The first-order valence-corrected chi connectivity index (χ1v) is 4.08. The molecule has 0 spiro atoms. The molecule has 0 aliphatic carbocycles. The summed E-state index contributed by atoms with van der Waals surface area (Å²) in [6, 6.07) is 2.64. The van der Waals surface area contributed by atoms with Crippen LogP contribution < -0.4 is 5.73 Å². The smallest absolute Gasteiger partial charge is 0.134 e. The fraction of sp³-hybridized carbons (Fsp3) is 0.400. The van der Waals surface area contributed by atoms with Gasteiger partial charge in [-0.2, -0.15) is 0 Å². The Morgan fingerprint density at radius 1 is 1.23 bits per heavy atom. The van der Waals surface area contributed by atoms with E-state index < -0.39 is 17.2 Å². The van der Waals surface area contributed by atoms with Crippen LogP contribution in [0.4, 0.5) is 8.78 Å². The lowest BCUT2D eigenvalue weighted by Gasteiger charge is -2.21. The monoisotopic (exact) mass is 185 g/mol. The van der Waals surface area contributed by atoms with Crippen molar-refractivity contribution in [2.45, 2.75) is 26.3 Å². The summed E-state index contributed by atoms with van der Waals surface area (Å²) in [5.74, 6) is -1.14. The van der Waals surface area contributed by atoms with Gasteiger partial charge in [-0.05, 0) is 32.4 Å². The van der Waals surface area contributed by atoms with Gasteiger partial charge in [0.2, 0.25) is 0 Å². The minimum atomic E-state index is -0.986. The summed E-state index contributed by atoms with van der Waals surface area (Å²) in [7, 11) is 0. The second-order valence-corrected chi connectivity index (χ2v) is 3.77. The molecule has 72 valence electrons. The third kappa shape index (κ3) is 1.86. The van der Waals surface area contributed by atoms with Crippen LogP contribution in [0.25, 0.3) is 0 Å². The predicted octanol–water partition coefficient (Wildman–Crippen LogP) is 2.47. The number of hydrogen-bond acceptors (Lipinski definition) is 1. The molecule has 0 fully saturated rings. The minimum Gasteiger partial charge on any atom is -0.322 e. The molecule has 0 saturated carbocycles. The van der Waals surface area contributed by atoms with Gasteiger partial charge in [-0.3, -0.25) is 0 Å². The molecular formula is C10H13F2N.